The number of nitrogens with one attached hydrogen (secondary N) is 2. The van der Waals surface area contributed by atoms with Crippen molar-refractivity contribution in [1.82, 2.24) is 9.38 Å². The summed E-state index contributed by atoms with van der Waals surface area (Å²) < 4.78 is 2.01. The number of nitrogens with zero attached hydrogens (tertiary/aromatic N) is 2. The largest absolute Gasteiger partial charge is 0.326 e. The lowest BCUT2D eigenvalue weighted by molar-refractivity contribution is -0.117. The molecule has 0 saturated heterocycles. The van der Waals surface area contributed by atoms with Gasteiger partial charge >= 0.3 is 0 Å². The van der Waals surface area contributed by atoms with Crippen LogP contribution in [0, 0.1) is 5.92 Å². The number of imidazole rings is 1. The lowest BCUT2D eigenvalue weighted by Crippen LogP contribution is -2.14. The number of carbonyl (C=O) groups is 2. The molecule has 0 aliphatic heterocycles. The molecule has 1 fully saturated rings. The van der Waals surface area contributed by atoms with E-state index in [0.717, 1.165) is 34.8 Å². The van der Waals surface area contributed by atoms with E-state index in [9.17, 15) is 9.59 Å². The van der Waals surface area contributed by atoms with Gasteiger partial charge in [0.1, 0.15) is 5.65 Å². The summed E-state index contributed by atoms with van der Waals surface area (Å²) >= 11 is 1.68. The number of hydrogen-bond acceptors (Lipinski definition) is 4. The van der Waals surface area contributed by atoms with Crippen molar-refractivity contribution in [3.8, 4) is 0 Å². The molecule has 1 aliphatic carbocycles. The van der Waals surface area contributed by atoms with E-state index in [2.05, 4.69) is 15.6 Å². The monoisotopic (exact) mass is 442 g/mol. The summed E-state index contributed by atoms with van der Waals surface area (Å²) in [7, 11) is 0. The van der Waals surface area contributed by atoms with Crippen molar-refractivity contribution in [2.24, 2.45) is 5.92 Å². The summed E-state index contributed by atoms with van der Waals surface area (Å²) in [5.74, 6) is 0.752. The number of rotatable bonds is 7. The molecule has 6 nitrogen and oxygen atoms in total. The predicted molar refractivity (Wildman–Crippen MR) is 127 cm³/mol. The van der Waals surface area contributed by atoms with Crippen LogP contribution in [-0.2, 0) is 10.5 Å². The van der Waals surface area contributed by atoms with Crippen LogP contribution < -0.4 is 10.6 Å². The topological polar surface area (TPSA) is 75.5 Å². The molecule has 4 aromatic rings. The van der Waals surface area contributed by atoms with Gasteiger partial charge in [0.2, 0.25) is 5.91 Å². The third kappa shape index (κ3) is 4.84. The molecule has 0 bridgehead atoms. The van der Waals surface area contributed by atoms with Crippen molar-refractivity contribution in [3.05, 3.63) is 90.4 Å². The van der Waals surface area contributed by atoms with E-state index in [0.29, 0.717) is 16.9 Å². The Hall–Kier alpha value is -3.58. The zero-order chi connectivity index (χ0) is 21.9. The third-order valence-corrected chi connectivity index (χ3v) is 6.30. The minimum atomic E-state index is -0.187. The van der Waals surface area contributed by atoms with Gasteiger partial charge in [-0.2, -0.15) is 0 Å². The van der Waals surface area contributed by atoms with Gasteiger partial charge in [-0.25, -0.2) is 4.98 Å². The van der Waals surface area contributed by atoms with E-state index >= 15 is 0 Å². The van der Waals surface area contributed by atoms with Gasteiger partial charge in [0.25, 0.3) is 5.91 Å². The molecule has 32 heavy (non-hydrogen) atoms. The van der Waals surface area contributed by atoms with Crippen LogP contribution in [0.25, 0.3) is 5.65 Å². The summed E-state index contributed by atoms with van der Waals surface area (Å²) in [6, 6.07) is 20.7. The van der Waals surface area contributed by atoms with Gasteiger partial charge in [-0.05, 0) is 67.4 Å². The first-order valence-electron chi connectivity index (χ1n) is 10.5. The Morgan fingerprint density at radius 2 is 1.75 bits per heavy atom. The number of hydrogen-bond donors (Lipinski definition) is 2. The highest BCUT2D eigenvalue weighted by Gasteiger charge is 2.29. The second-order valence-corrected chi connectivity index (χ2v) is 8.86. The Morgan fingerprint density at radius 3 is 2.50 bits per heavy atom. The van der Waals surface area contributed by atoms with Gasteiger partial charge < -0.3 is 15.0 Å². The maximum absolute atomic E-state index is 12.6. The fourth-order valence-electron chi connectivity index (χ4n) is 3.38. The van der Waals surface area contributed by atoms with Gasteiger partial charge in [-0.15, -0.1) is 11.8 Å². The highest BCUT2D eigenvalue weighted by molar-refractivity contribution is 7.98. The highest BCUT2D eigenvalue weighted by atomic mass is 32.2. The Labute approximate surface area is 190 Å². The van der Waals surface area contributed by atoms with Crippen molar-refractivity contribution in [2.45, 2.75) is 23.5 Å². The Balaban J connectivity index is 1.18. The molecule has 2 aromatic carbocycles. The lowest BCUT2D eigenvalue weighted by Gasteiger charge is -2.09. The van der Waals surface area contributed by atoms with Crippen LogP contribution in [-0.4, -0.2) is 21.2 Å². The van der Waals surface area contributed by atoms with Crippen molar-refractivity contribution in [1.29, 1.82) is 0 Å². The number of aromatic nitrogens is 2. The smallest absolute Gasteiger partial charge is 0.255 e. The Bertz CT molecular complexity index is 1250. The molecule has 2 N–H and O–H groups in total. The number of carbonyl (C=O) groups excluding carboxylic acids is 2. The molecular weight excluding hydrogens is 420 g/mol. The van der Waals surface area contributed by atoms with E-state index in [1.807, 2.05) is 77.5 Å². The minimum absolute atomic E-state index is 0.0465. The first-order chi connectivity index (χ1) is 15.6. The summed E-state index contributed by atoms with van der Waals surface area (Å²) in [5, 5.41) is 5.80. The van der Waals surface area contributed by atoms with Crippen LogP contribution in [0.15, 0.2) is 84.0 Å². The van der Waals surface area contributed by atoms with E-state index in [1.54, 1.807) is 17.8 Å². The van der Waals surface area contributed by atoms with Crippen LogP contribution >= 0.6 is 11.8 Å². The molecule has 1 aliphatic rings. The Kier molecular flexibility index (Phi) is 5.64. The molecule has 2 amide bonds. The van der Waals surface area contributed by atoms with Crippen molar-refractivity contribution < 1.29 is 9.59 Å². The summed E-state index contributed by atoms with van der Waals surface area (Å²) in [5.41, 5.74) is 3.87. The van der Waals surface area contributed by atoms with Crippen molar-refractivity contribution in [2.75, 3.05) is 10.6 Å². The van der Waals surface area contributed by atoms with Gasteiger partial charge in [0.05, 0.1) is 5.69 Å². The second kappa shape index (κ2) is 8.88. The van der Waals surface area contributed by atoms with Crippen LogP contribution in [0.2, 0.25) is 0 Å². The number of anilines is 2. The fourth-order valence-corrected chi connectivity index (χ4v) is 4.17. The molecule has 0 unspecified atom stereocenters. The van der Waals surface area contributed by atoms with Crippen molar-refractivity contribution in [3.63, 3.8) is 0 Å². The first kappa shape index (κ1) is 20.3. The van der Waals surface area contributed by atoms with E-state index in [1.165, 1.54) is 0 Å². The maximum Gasteiger partial charge on any atom is 0.255 e. The van der Waals surface area contributed by atoms with Gasteiger partial charge in [0.15, 0.2) is 0 Å². The average molecular weight is 443 g/mol. The average Bonchev–Trinajstić information content (AvgIpc) is 3.58. The summed E-state index contributed by atoms with van der Waals surface area (Å²) in [4.78, 5) is 30.3. The molecule has 2 heterocycles. The van der Waals surface area contributed by atoms with E-state index < -0.39 is 0 Å². The molecule has 0 atom stereocenters. The number of amides is 2. The minimum Gasteiger partial charge on any atom is -0.326 e. The normalized spacial score (nSPS) is 13.1. The quantitative estimate of drug-likeness (QED) is 0.385. The maximum atomic E-state index is 12.6. The highest BCUT2D eigenvalue weighted by Crippen LogP contribution is 2.30. The molecule has 7 heteroatoms. The number of benzene rings is 2. The SMILES string of the molecule is O=C(Nc1cccc(NC(=O)C2CC2)c1)c1ccc(SCc2cn3ccccc3n2)cc1. The van der Waals surface area contributed by atoms with Crippen LogP contribution in [0.5, 0.6) is 0 Å². The van der Waals surface area contributed by atoms with Crippen molar-refractivity contribution >= 4 is 40.6 Å². The zero-order valence-corrected chi connectivity index (χ0v) is 18.1. The van der Waals surface area contributed by atoms with Crippen LogP contribution in [0.4, 0.5) is 11.4 Å². The molecule has 1 saturated carbocycles. The lowest BCUT2D eigenvalue weighted by atomic mass is 10.2. The Morgan fingerprint density at radius 1 is 0.969 bits per heavy atom. The summed E-state index contributed by atoms with van der Waals surface area (Å²) in [6.45, 7) is 0. The first-order valence-corrected chi connectivity index (χ1v) is 11.5. The fraction of sp³-hybridized carbons (Fsp3) is 0.160. The molecular formula is C25H22N4O2S. The van der Waals surface area contributed by atoms with Gasteiger partial charge in [-0.3, -0.25) is 9.59 Å². The van der Waals surface area contributed by atoms with Crippen LogP contribution in [0.3, 0.4) is 0 Å². The number of pyridine rings is 1. The second-order valence-electron chi connectivity index (χ2n) is 7.81. The molecule has 2 aromatic heterocycles. The number of fused-ring (bicyclic) bond motifs is 1. The number of thioether (sulfide) groups is 1. The third-order valence-electron chi connectivity index (χ3n) is 5.25. The zero-order valence-electron chi connectivity index (χ0n) is 17.3. The summed E-state index contributed by atoms with van der Waals surface area (Å²) in [6.07, 6.45) is 5.93. The van der Waals surface area contributed by atoms with E-state index in [-0.39, 0.29) is 17.7 Å². The molecule has 160 valence electrons. The van der Waals surface area contributed by atoms with Gasteiger partial charge in [0, 0.05) is 45.9 Å². The molecule has 0 radical (unpaired) electrons. The van der Waals surface area contributed by atoms with E-state index in [4.69, 9.17) is 0 Å². The molecule has 0 spiro atoms. The standard InChI is InChI=1S/C25H22N4O2S/c30-24(17-7-8-17)27-19-4-3-5-20(14-19)28-25(31)18-9-11-22(12-10-18)32-16-21-15-29-13-2-1-6-23(29)26-21/h1-6,9-15,17H,7-8,16H2,(H,27,30)(H,28,31). The predicted octanol–water partition coefficient (Wildman–Crippen LogP) is 5.23. The molecule has 5 rings (SSSR count). The van der Waals surface area contributed by atoms with Crippen LogP contribution in [0.1, 0.15) is 28.9 Å². The van der Waals surface area contributed by atoms with Gasteiger partial charge in [-0.1, -0.05) is 12.1 Å².